The van der Waals surface area contributed by atoms with E-state index >= 15 is 0 Å². The summed E-state index contributed by atoms with van der Waals surface area (Å²) in [6.45, 7) is 2.08. The SMILES string of the molecule is CNc1cc(C(=O)NC(C)C2CC2)c2ccccc2n1. The summed E-state index contributed by atoms with van der Waals surface area (Å²) in [6.07, 6.45) is 2.45. The lowest BCUT2D eigenvalue weighted by Gasteiger charge is -2.14. The summed E-state index contributed by atoms with van der Waals surface area (Å²) in [5, 5.41) is 7.01. The molecular formula is C16H19N3O. The Morgan fingerprint density at radius 3 is 2.80 bits per heavy atom. The minimum absolute atomic E-state index is 0.0144. The maximum atomic E-state index is 12.5. The fraction of sp³-hybridized carbons (Fsp3) is 0.375. The first-order valence-corrected chi connectivity index (χ1v) is 7.07. The first-order valence-electron chi connectivity index (χ1n) is 7.07. The largest absolute Gasteiger partial charge is 0.373 e. The van der Waals surface area contributed by atoms with Gasteiger partial charge in [-0.3, -0.25) is 4.79 Å². The lowest BCUT2D eigenvalue weighted by Crippen LogP contribution is -2.34. The molecule has 1 aliphatic carbocycles. The molecule has 0 saturated heterocycles. The van der Waals surface area contributed by atoms with Crippen LogP contribution in [0.5, 0.6) is 0 Å². The van der Waals surface area contributed by atoms with E-state index in [0.29, 0.717) is 17.3 Å². The van der Waals surface area contributed by atoms with E-state index in [1.54, 1.807) is 0 Å². The fourth-order valence-corrected chi connectivity index (χ4v) is 2.49. The van der Waals surface area contributed by atoms with Gasteiger partial charge in [0.25, 0.3) is 5.91 Å². The Balaban J connectivity index is 1.97. The molecule has 0 bridgehead atoms. The average Bonchev–Trinajstić information content (AvgIpc) is 3.30. The summed E-state index contributed by atoms with van der Waals surface area (Å²) in [5.41, 5.74) is 1.52. The number of carbonyl (C=O) groups excluding carboxylic acids is 1. The third-order valence-electron chi connectivity index (χ3n) is 3.90. The van der Waals surface area contributed by atoms with Crippen molar-refractivity contribution in [1.82, 2.24) is 10.3 Å². The summed E-state index contributed by atoms with van der Waals surface area (Å²) in [5.74, 6) is 1.35. The van der Waals surface area contributed by atoms with E-state index in [4.69, 9.17) is 0 Å². The second kappa shape index (κ2) is 5.12. The lowest BCUT2D eigenvalue weighted by molar-refractivity contribution is 0.0937. The van der Waals surface area contributed by atoms with Gasteiger partial charge in [0.2, 0.25) is 0 Å². The van der Waals surface area contributed by atoms with Crippen LogP contribution in [0.25, 0.3) is 10.9 Å². The van der Waals surface area contributed by atoms with Gasteiger partial charge in [0, 0.05) is 18.5 Å². The van der Waals surface area contributed by atoms with Crippen molar-refractivity contribution in [1.29, 1.82) is 0 Å². The molecule has 1 aromatic carbocycles. The summed E-state index contributed by atoms with van der Waals surface area (Å²) < 4.78 is 0. The highest BCUT2D eigenvalue weighted by Crippen LogP contribution is 2.32. The van der Waals surface area contributed by atoms with E-state index < -0.39 is 0 Å². The van der Waals surface area contributed by atoms with Crippen molar-refractivity contribution in [2.45, 2.75) is 25.8 Å². The van der Waals surface area contributed by atoms with Crippen LogP contribution in [0.3, 0.4) is 0 Å². The predicted octanol–water partition coefficient (Wildman–Crippen LogP) is 2.80. The zero-order valence-corrected chi connectivity index (χ0v) is 11.8. The zero-order chi connectivity index (χ0) is 14.1. The van der Waals surface area contributed by atoms with Crippen LogP contribution in [0, 0.1) is 5.92 Å². The Morgan fingerprint density at radius 2 is 2.10 bits per heavy atom. The van der Waals surface area contributed by atoms with Crippen LogP contribution in [0.15, 0.2) is 30.3 Å². The van der Waals surface area contributed by atoms with Gasteiger partial charge in [0.1, 0.15) is 5.82 Å². The number of nitrogens with zero attached hydrogens (tertiary/aromatic N) is 1. The first kappa shape index (κ1) is 12.9. The quantitative estimate of drug-likeness (QED) is 0.897. The van der Waals surface area contributed by atoms with Crippen LogP contribution in [0.1, 0.15) is 30.1 Å². The number of aromatic nitrogens is 1. The topological polar surface area (TPSA) is 54.0 Å². The van der Waals surface area contributed by atoms with Crippen molar-refractivity contribution in [3.05, 3.63) is 35.9 Å². The lowest BCUT2D eigenvalue weighted by atomic mass is 10.1. The molecule has 20 heavy (non-hydrogen) atoms. The molecule has 1 amide bonds. The maximum absolute atomic E-state index is 12.5. The highest BCUT2D eigenvalue weighted by atomic mass is 16.1. The van der Waals surface area contributed by atoms with E-state index in [1.807, 2.05) is 37.4 Å². The summed E-state index contributed by atoms with van der Waals surface area (Å²) in [7, 11) is 1.81. The van der Waals surface area contributed by atoms with Gasteiger partial charge in [-0.2, -0.15) is 0 Å². The van der Waals surface area contributed by atoms with Gasteiger partial charge in [0.15, 0.2) is 0 Å². The zero-order valence-electron chi connectivity index (χ0n) is 11.8. The van der Waals surface area contributed by atoms with E-state index in [9.17, 15) is 4.79 Å². The highest BCUT2D eigenvalue weighted by molar-refractivity contribution is 6.07. The summed E-state index contributed by atoms with van der Waals surface area (Å²) in [4.78, 5) is 17.0. The minimum atomic E-state index is -0.0144. The molecule has 1 saturated carbocycles. The van der Waals surface area contributed by atoms with Gasteiger partial charge in [-0.15, -0.1) is 0 Å². The molecule has 4 heteroatoms. The van der Waals surface area contributed by atoms with Gasteiger partial charge >= 0.3 is 0 Å². The number of anilines is 1. The maximum Gasteiger partial charge on any atom is 0.252 e. The molecular weight excluding hydrogens is 250 g/mol. The van der Waals surface area contributed by atoms with E-state index in [-0.39, 0.29) is 11.9 Å². The smallest absolute Gasteiger partial charge is 0.252 e. The molecule has 2 aromatic rings. The molecule has 104 valence electrons. The molecule has 1 heterocycles. The average molecular weight is 269 g/mol. The van der Waals surface area contributed by atoms with Crippen molar-refractivity contribution in [2.75, 3.05) is 12.4 Å². The third-order valence-corrected chi connectivity index (χ3v) is 3.90. The highest BCUT2D eigenvalue weighted by Gasteiger charge is 2.29. The van der Waals surface area contributed by atoms with Gasteiger partial charge in [-0.25, -0.2) is 4.98 Å². The molecule has 0 aliphatic heterocycles. The Hall–Kier alpha value is -2.10. The summed E-state index contributed by atoms with van der Waals surface area (Å²) in [6, 6.07) is 9.80. The normalized spacial score (nSPS) is 15.9. The fourth-order valence-electron chi connectivity index (χ4n) is 2.49. The first-order chi connectivity index (χ1) is 9.69. The number of benzene rings is 1. The number of amides is 1. The van der Waals surface area contributed by atoms with Gasteiger partial charge in [0.05, 0.1) is 11.1 Å². The van der Waals surface area contributed by atoms with E-state index in [1.165, 1.54) is 12.8 Å². The molecule has 4 nitrogen and oxygen atoms in total. The molecule has 2 N–H and O–H groups in total. The molecule has 1 fully saturated rings. The van der Waals surface area contributed by atoms with E-state index in [0.717, 1.165) is 10.9 Å². The van der Waals surface area contributed by atoms with Crippen LogP contribution < -0.4 is 10.6 Å². The second-order valence-corrected chi connectivity index (χ2v) is 5.42. The molecule has 1 aliphatic rings. The minimum Gasteiger partial charge on any atom is -0.373 e. The third kappa shape index (κ3) is 2.46. The van der Waals surface area contributed by atoms with Crippen molar-refractivity contribution in [3.8, 4) is 0 Å². The second-order valence-electron chi connectivity index (χ2n) is 5.42. The molecule has 1 atom stereocenters. The van der Waals surface area contributed by atoms with Crippen LogP contribution in [0.2, 0.25) is 0 Å². The van der Waals surface area contributed by atoms with Gasteiger partial charge in [-0.1, -0.05) is 18.2 Å². The number of pyridine rings is 1. The van der Waals surface area contributed by atoms with Crippen LogP contribution >= 0.6 is 0 Å². The van der Waals surface area contributed by atoms with Crippen LogP contribution in [0.4, 0.5) is 5.82 Å². The molecule has 0 spiro atoms. The van der Waals surface area contributed by atoms with Crippen molar-refractivity contribution in [3.63, 3.8) is 0 Å². The number of nitrogens with one attached hydrogen (secondary N) is 2. The molecule has 1 aromatic heterocycles. The Bertz CT molecular complexity index is 649. The predicted molar refractivity (Wildman–Crippen MR) is 80.9 cm³/mol. The number of rotatable bonds is 4. The van der Waals surface area contributed by atoms with Gasteiger partial charge in [-0.05, 0) is 37.8 Å². The van der Waals surface area contributed by atoms with Crippen molar-refractivity contribution in [2.24, 2.45) is 5.92 Å². The Labute approximate surface area is 118 Å². The molecule has 0 radical (unpaired) electrons. The molecule has 1 unspecified atom stereocenters. The van der Waals surface area contributed by atoms with Crippen LogP contribution in [-0.4, -0.2) is 24.0 Å². The number of hydrogen-bond acceptors (Lipinski definition) is 3. The monoisotopic (exact) mass is 269 g/mol. The Morgan fingerprint density at radius 1 is 1.35 bits per heavy atom. The van der Waals surface area contributed by atoms with Crippen molar-refractivity contribution >= 4 is 22.6 Å². The number of para-hydroxylation sites is 1. The standard InChI is InChI=1S/C16H19N3O/c1-10(11-7-8-11)18-16(20)13-9-15(17-2)19-14-6-4-3-5-12(13)14/h3-6,9-11H,7-8H2,1-2H3,(H,17,19)(H,18,20). The number of fused-ring (bicyclic) bond motifs is 1. The van der Waals surface area contributed by atoms with Crippen LogP contribution in [-0.2, 0) is 0 Å². The number of hydrogen-bond donors (Lipinski definition) is 2. The summed E-state index contributed by atoms with van der Waals surface area (Å²) >= 11 is 0. The molecule has 3 rings (SSSR count). The number of carbonyl (C=O) groups is 1. The van der Waals surface area contributed by atoms with Crippen molar-refractivity contribution < 1.29 is 4.79 Å². The van der Waals surface area contributed by atoms with Gasteiger partial charge < -0.3 is 10.6 Å². The van der Waals surface area contributed by atoms with E-state index in [2.05, 4.69) is 22.5 Å². The Kier molecular flexibility index (Phi) is 3.30.